The first-order valence-corrected chi connectivity index (χ1v) is 15.7. The molecule has 38 heavy (non-hydrogen) atoms. The van der Waals surface area contributed by atoms with Crippen LogP contribution in [0.15, 0.2) is 35.9 Å². The number of ether oxygens (including phenoxy) is 2. The molecule has 1 aromatic carbocycles. The molecular weight excluding hydrogens is 468 g/mol. The summed E-state index contributed by atoms with van der Waals surface area (Å²) < 4.78 is 11.3. The second kappa shape index (κ2) is 11.0. The minimum Gasteiger partial charge on any atom is -0.430 e. The molecule has 3 saturated carbocycles. The lowest BCUT2D eigenvalue weighted by Gasteiger charge is -2.58. The maximum Gasteiger partial charge on any atom is 0.514 e. The number of aryl methyl sites for hydroxylation is 1. The van der Waals surface area contributed by atoms with Crippen LogP contribution in [0.3, 0.4) is 0 Å². The van der Waals surface area contributed by atoms with E-state index in [0.29, 0.717) is 11.2 Å². The maximum absolute atomic E-state index is 12.5. The van der Waals surface area contributed by atoms with Gasteiger partial charge in [-0.3, -0.25) is 0 Å². The van der Waals surface area contributed by atoms with E-state index in [1.165, 1.54) is 51.4 Å². The fourth-order valence-corrected chi connectivity index (χ4v) is 9.62. The van der Waals surface area contributed by atoms with Crippen LogP contribution in [0.1, 0.15) is 111 Å². The zero-order valence-corrected chi connectivity index (χ0v) is 24.9. The van der Waals surface area contributed by atoms with Gasteiger partial charge in [0.05, 0.1) is 0 Å². The van der Waals surface area contributed by atoms with Crippen molar-refractivity contribution >= 4 is 6.16 Å². The Bertz CT molecular complexity index is 1010. The molecule has 0 spiro atoms. The van der Waals surface area contributed by atoms with Crippen molar-refractivity contribution < 1.29 is 14.3 Å². The molecule has 5 rings (SSSR count). The van der Waals surface area contributed by atoms with E-state index >= 15 is 0 Å². The Morgan fingerprint density at radius 2 is 1.74 bits per heavy atom. The van der Waals surface area contributed by atoms with Gasteiger partial charge in [-0.2, -0.15) is 0 Å². The SMILES string of the molecule is Cc1ccc(OC(=O)O[C@H]2CC[C@@]3(C)C(=CC[C@H]4[C@@H]5CC[C@@H]([C@H](C)CCCC(C)C)[C@@]5(C)CC[C@@H]43)C2)cc1. The highest BCUT2D eigenvalue weighted by Gasteiger charge is 2.59. The second-order valence-electron chi connectivity index (χ2n) is 14.4. The lowest BCUT2D eigenvalue weighted by atomic mass is 9.47. The number of carbonyl (C=O) groups is 1. The average Bonchev–Trinajstić information content (AvgIpc) is 3.23. The molecule has 0 N–H and O–H groups in total. The van der Waals surface area contributed by atoms with E-state index in [-0.39, 0.29) is 11.5 Å². The van der Waals surface area contributed by atoms with E-state index in [1.807, 2.05) is 31.2 Å². The number of hydrogen-bond acceptors (Lipinski definition) is 3. The van der Waals surface area contributed by atoms with Crippen LogP contribution in [0.5, 0.6) is 5.75 Å². The Hall–Kier alpha value is -1.77. The van der Waals surface area contributed by atoms with Crippen LogP contribution in [0.4, 0.5) is 4.79 Å². The fourth-order valence-electron chi connectivity index (χ4n) is 9.62. The molecule has 0 bridgehead atoms. The van der Waals surface area contributed by atoms with Crippen LogP contribution in [0.25, 0.3) is 0 Å². The third kappa shape index (κ3) is 5.33. The fraction of sp³-hybridized carbons (Fsp3) is 0.743. The van der Waals surface area contributed by atoms with Crippen molar-refractivity contribution in [2.75, 3.05) is 0 Å². The predicted molar refractivity (Wildman–Crippen MR) is 155 cm³/mol. The predicted octanol–water partition coefficient (Wildman–Crippen LogP) is 9.92. The number of carbonyl (C=O) groups excluding carboxylic acids is 1. The van der Waals surface area contributed by atoms with Crippen LogP contribution in [-0.2, 0) is 4.74 Å². The van der Waals surface area contributed by atoms with Gasteiger partial charge in [0.2, 0.25) is 0 Å². The first-order chi connectivity index (χ1) is 18.1. The first kappa shape index (κ1) is 27.8. The van der Waals surface area contributed by atoms with Crippen molar-refractivity contribution in [2.45, 2.75) is 118 Å². The molecule has 8 atom stereocenters. The normalized spacial score (nSPS) is 37.0. The standard InChI is InChI=1S/C35H52O3/c1-23(2)8-7-9-25(4)30-16-17-31-29-15-12-26-22-28(38-33(36)37-27-13-10-24(3)11-14-27)18-20-34(26,5)32(29)19-21-35(30,31)6/h10-14,23,25,28-32H,7-9,15-22H2,1-6H3/t25-,28+,29+,30+,31+,32+,34+,35-/m1/s1. The minimum absolute atomic E-state index is 0.0692. The van der Waals surface area contributed by atoms with Crippen LogP contribution in [0, 0.1) is 53.3 Å². The van der Waals surface area contributed by atoms with Gasteiger partial charge in [-0.05, 0) is 110 Å². The van der Waals surface area contributed by atoms with E-state index in [0.717, 1.165) is 60.3 Å². The molecule has 210 valence electrons. The summed E-state index contributed by atoms with van der Waals surface area (Å²) in [5.41, 5.74) is 3.50. The summed E-state index contributed by atoms with van der Waals surface area (Å²) >= 11 is 0. The van der Waals surface area contributed by atoms with Gasteiger partial charge in [0.1, 0.15) is 11.9 Å². The summed E-state index contributed by atoms with van der Waals surface area (Å²) in [4.78, 5) is 12.5. The Balaban J connectivity index is 1.21. The summed E-state index contributed by atoms with van der Waals surface area (Å²) in [5, 5.41) is 0. The van der Waals surface area contributed by atoms with Crippen LogP contribution < -0.4 is 4.74 Å². The van der Waals surface area contributed by atoms with Gasteiger partial charge in [0, 0.05) is 6.42 Å². The van der Waals surface area contributed by atoms with Crippen LogP contribution >= 0.6 is 0 Å². The zero-order valence-electron chi connectivity index (χ0n) is 24.9. The maximum atomic E-state index is 12.5. The van der Waals surface area contributed by atoms with E-state index in [4.69, 9.17) is 9.47 Å². The second-order valence-corrected chi connectivity index (χ2v) is 14.4. The van der Waals surface area contributed by atoms with Crippen molar-refractivity contribution in [1.82, 2.24) is 0 Å². The van der Waals surface area contributed by atoms with E-state index in [1.54, 1.807) is 5.57 Å². The Kier molecular flexibility index (Phi) is 8.05. The average molecular weight is 521 g/mol. The molecule has 3 heteroatoms. The number of rotatable bonds is 7. The number of benzene rings is 1. The molecule has 0 heterocycles. The highest BCUT2D eigenvalue weighted by atomic mass is 16.7. The Morgan fingerprint density at radius 3 is 2.47 bits per heavy atom. The summed E-state index contributed by atoms with van der Waals surface area (Å²) in [6.07, 6.45) is 16.0. The van der Waals surface area contributed by atoms with Crippen molar-refractivity contribution in [3.63, 3.8) is 0 Å². The van der Waals surface area contributed by atoms with E-state index in [9.17, 15) is 4.79 Å². The number of allylic oxidation sites excluding steroid dienone is 1. The van der Waals surface area contributed by atoms with Gasteiger partial charge < -0.3 is 9.47 Å². The number of hydrogen-bond donors (Lipinski definition) is 0. The highest BCUT2D eigenvalue weighted by molar-refractivity contribution is 5.64. The summed E-state index contributed by atoms with van der Waals surface area (Å²) in [6, 6.07) is 7.56. The molecule has 0 aromatic heterocycles. The van der Waals surface area contributed by atoms with Crippen LogP contribution in [0.2, 0.25) is 0 Å². The Morgan fingerprint density at radius 1 is 0.974 bits per heavy atom. The minimum atomic E-state index is -0.565. The zero-order chi connectivity index (χ0) is 27.1. The van der Waals surface area contributed by atoms with E-state index < -0.39 is 6.16 Å². The number of fused-ring (bicyclic) bond motifs is 5. The molecule has 0 aliphatic heterocycles. The molecule has 3 fully saturated rings. The third-order valence-corrected chi connectivity index (χ3v) is 11.7. The van der Waals surface area contributed by atoms with Gasteiger partial charge in [-0.1, -0.05) is 83.2 Å². The van der Waals surface area contributed by atoms with Gasteiger partial charge in [-0.25, -0.2) is 4.79 Å². The first-order valence-electron chi connectivity index (χ1n) is 15.7. The summed E-state index contributed by atoms with van der Waals surface area (Å²) in [6.45, 7) is 14.5. The van der Waals surface area contributed by atoms with Crippen molar-refractivity contribution in [2.24, 2.45) is 46.3 Å². The molecular formula is C35H52O3. The molecule has 4 aliphatic rings. The molecule has 0 saturated heterocycles. The summed E-state index contributed by atoms with van der Waals surface area (Å²) in [7, 11) is 0. The smallest absolute Gasteiger partial charge is 0.430 e. The van der Waals surface area contributed by atoms with Gasteiger partial charge >= 0.3 is 6.16 Å². The molecule has 3 nitrogen and oxygen atoms in total. The molecule has 1 aromatic rings. The molecule has 0 unspecified atom stereocenters. The van der Waals surface area contributed by atoms with Gasteiger partial charge in [0.25, 0.3) is 0 Å². The monoisotopic (exact) mass is 520 g/mol. The quantitative estimate of drug-likeness (QED) is 0.204. The Labute approximate surface area is 232 Å². The molecule has 0 amide bonds. The highest BCUT2D eigenvalue weighted by Crippen LogP contribution is 2.67. The van der Waals surface area contributed by atoms with Crippen molar-refractivity contribution in [3.8, 4) is 5.75 Å². The van der Waals surface area contributed by atoms with Gasteiger partial charge in [0.15, 0.2) is 0 Å². The lowest BCUT2D eigenvalue weighted by Crippen LogP contribution is -2.51. The molecule has 4 aliphatic carbocycles. The van der Waals surface area contributed by atoms with Crippen LogP contribution in [-0.4, -0.2) is 12.3 Å². The third-order valence-electron chi connectivity index (χ3n) is 11.7. The van der Waals surface area contributed by atoms with Crippen molar-refractivity contribution in [1.29, 1.82) is 0 Å². The molecule has 0 radical (unpaired) electrons. The largest absolute Gasteiger partial charge is 0.514 e. The van der Waals surface area contributed by atoms with Gasteiger partial charge in [-0.15, -0.1) is 0 Å². The van der Waals surface area contributed by atoms with E-state index in [2.05, 4.69) is 40.7 Å². The summed E-state index contributed by atoms with van der Waals surface area (Å²) in [5.74, 6) is 5.64. The van der Waals surface area contributed by atoms with Crippen molar-refractivity contribution in [3.05, 3.63) is 41.5 Å². The lowest BCUT2D eigenvalue weighted by molar-refractivity contribution is -0.0597. The topological polar surface area (TPSA) is 35.5 Å².